The van der Waals surface area contributed by atoms with Gasteiger partial charge in [0.2, 0.25) is 0 Å². The molecule has 1 aromatic rings. The molecule has 29 valence electrons. The van der Waals surface area contributed by atoms with Gasteiger partial charge in [-0.05, 0) is 0 Å². The van der Waals surface area contributed by atoms with Crippen molar-refractivity contribution in [2.24, 2.45) is 0 Å². The predicted molar refractivity (Wildman–Crippen MR) is 24.0 cm³/mol. The van der Waals surface area contributed by atoms with E-state index in [-0.39, 0.29) is 0 Å². The maximum absolute atomic E-state index is 3.79. The van der Waals surface area contributed by atoms with Crippen LogP contribution in [-0.4, -0.2) is 32.5 Å². The van der Waals surface area contributed by atoms with Crippen LogP contribution in [0.2, 0.25) is 0 Å². The fourth-order valence-corrected chi connectivity index (χ4v) is 0.653. The van der Waals surface area contributed by atoms with E-state index in [9.17, 15) is 0 Å². The van der Waals surface area contributed by atoms with E-state index in [1.807, 2.05) is 6.20 Å². The Balaban J connectivity index is 3.05. The Bertz CT molecular complexity index is 112. The molecule has 3 heteroatoms. The molecule has 1 heterocycles. The Morgan fingerprint density at radius 2 is 2.67 bits per heavy atom. The first-order chi connectivity index (χ1) is 2.89. The fourth-order valence-electron chi connectivity index (χ4n) is 0.256. The number of rotatable bonds is 0. The van der Waals surface area contributed by atoms with Gasteiger partial charge in [-0.2, -0.15) is 0 Å². The summed E-state index contributed by atoms with van der Waals surface area (Å²) in [4.78, 5) is 6.72. The van der Waals surface area contributed by atoms with Crippen LogP contribution in [-0.2, 0) is 0 Å². The van der Waals surface area contributed by atoms with Crippen molar-refractivity contribution >= 4 is 26.2 Å². The molecule has 0 aliphatic rings. The third-order valence-electron chi connectivity index (χ3n) is 0.498. The van der Waals surface area contributed by atoms with E-state index >= 15 is 0 Å². The number of nitrogens with zero attached hydrogens (tertiary/aromatic N) is 1. The first kappa shape index (κ1) is 4.18. The van der Waals surface area contributed by atoms with Gasteiger partial charge in [-0.15, -0.1) is 0 Å². The Morgan fingerprint density at radius 3 is 2.83 bits per heavy atom. The van der Waals surface area contributed by atoms with Gasteiger partial charge in [-0.25, -0.2) is 0 Å². The van der Waals surface area contributed by atoms with Crippen molar-refractivity contribution in [1.29, 1.82) is 0 Å². The van der Waals surface area contributed by atoms with Gasteiger partial charge in [0.1, 0.15) is 0 Å². The number of hydrogen-bond acceptors (Lipinski definition) is 1. The van der Waals surface area contributed by atoms with E-state index in [0.29, 0.717) is 0 Å². The first-order valence-electron chi connectivity index (χ1n) is 1.59. The van der Waals surface area contributed by atoms with Gasteiger partial charge < -0.3 is 0 Å². The predicted octanol–water partition coefficient (Wildman–Crippen LogP) is -0.796. The third-order valence-corrected chi connectivity index (χ3v) is 1.28. The van der Waals surface area contributed by atoms with Gasteiger partial charge in [-0.1, -0.05) is 0 Å². The van der Waals surface area contributed by atoms with E-state index in [0.717, 1.165) is 0 Å². The van der Waals surface area contributed by atoms with Crippen LogP contribution in [0, 0.1) is 0 Å². The second-order valence-electron chi connectivity index (χ2n) is 0.965. The summed E-state index contributed by atoms with van der Waals surface area (Å²) in [6.07, 6.45) is 3.50. The SMILES string of the molecule is [Sn][c]1cnc[nH]1. The maximum atomic E-state index is 3.79. The van der Waals surface area contributed by atoms with Crippen LogP contribution in [0.5, 0.6) is 0 Å². The molecule has 0 fully saturated rings. The molecule has 0 aliphatic heterocycles. The molecule has 1 aromatic heterocycles. The molecule has 1 rings (SSSR count). The third kappa shape index (κ3) is 0.739. The van der Waals surface area contributed by atoms with Crippen LogP contribution < -0.4 is 3.71 Å². The molecule has 2 nitrogen and oxygen atoms in total. The van der Waals surface area contributed by atoms with E-state index < -0.39 is 0 Å². The number of aromatic amines is 1. The van der Waals surface area contributed by atoms with Crippen LogP contribution in [0.4, 0.5) is 0 Å². The summed E-state index contributed by atoms with van der Waals surface area (Å²) >= 11 is 1.39. The van der Waals surface area contributed by atoms with Crippen LogP contribution in [0.25, 0.3) is 0 Å². The molecule has 0 saturated carbocycles. The normalized spacial score (nSPS) is 8.83. The minimum atomic E-state index is 1.20. The summed E-state index contributed by atoms with van der Waals surface area (Å²) < 4.78 is 1.20. The second kappa shape index (κ2) is 1.64. The molecule has 0 atom stereocenters. The Labute approximate surface area is 49.1 Å². The molecular weight excluding hydrogens is 183 g/mol. The Morgan fingerprint density at radius 1 is 1.83 bits per heavy atom. The van der Waals surface area contributed by atoms with Gasteiger partial charge in [0.15, 0.2) is 0 Å². The zero-order valence-electron chi connectivity index (χ0n) is 3.10. The van der Waals surface area contributed by atoms with Crippen molar-refractivity contribution in [3.05, 3.63) is 12.5 Å². The second-order valence-corrected chi connectivity index (χ2v) is 2.50. The van der Waals surface area contributed by atoms with Crippen LogP contribution in [0.3, 0.4) is 0 Å². The first-order valence-corrected chi connectivity index (χ1v) is 3.02. The molecule has 0 aromatic carbocycles. The Hall–Kier alpha value is 0.00870. The van der Waals surface area contributed by atoms with E-state index in [2.05, 4.69) is 9.97 Å². The van der Waals surface area contributed by atoms with Crippen molar-refractivity contribution in [2.75, 3.05) is 0 Å². The summed E-state index contributed by atoms with van der Waals surface area (Å²) in [6, 6.07) is 0. The molecular formula is C3H3N2Sn. The molecule has 0 bridgehead atoms. The summed E-state index contributed by atoms with van der Waals surface area (Å²) in [5.74, 6) is 0. The van der Waals surface area contributed by atoms with Crippen molar-refractivity contribution in [3.63, 3.8) is 0 Å². The summed E-state index contributed by atoms with van der Waals surface area (Å²) in [5, 5.41) is 0. The van der Waals surface area contributed by atoms with Gasteiger partial charge in [0.05, 0.1) is 0 Å². The van der Waals surface area contributed by atoms with Crippen molar-refractivity contribution in [2.45, 2.75) is 0 Å². The molecule has 0 spiro atoms. The standard InChI is InChI=1S/C3H3N2.Sn/c1-2-5-3-4-1;/h1,3H,(H,4,5);. The molecule has 0 aliphatic carbocycles. The molecule has 3 radical (unpaired) electrons. The number of H-pyrrole nitrogens is 1. The van der Waals surface area contributed by atoms with E-state index in [1.165, 1.54) is 26.2 Å². The van der Waals surface area contributed by atoms with Crippen molar-refractivity contribution in [3.8, 4) is 0 Å². The fraction of sp³-hybridized carbons (Fsp3) is 0. The molecule has 0 amide bonds. The van der Waals surface area contributed by atoms with Crippen molar-refractivity contribution < 1.29 is 0 Å². The van der Waals surface area contributed by atoms with E-state index in [1.54, 1.807) is 6.33 Å². The number of aromatic nitrogens is 2. The Kier molecular flexibility index (Phi) is 1.14. The van der Waals surface area contributed by atoms with Gasteiger partial charge in [-0.3, -0.25) is 0 Å². The topological polar surface area (TPSA) is 28.7 Å². The van der Waals surface area contributed by atoms with Gasteiger partial charge in [0.25, 0.3) is 0 Å². The van der Waals surface area contributed by atoms with E-state index in [4.69, 9.17) is 0 Å². The molecule has 1 N–H and O–H groups in total. The zero-order valence-corrected chi connectivity index (χ0v) is 5.96. The van der Waals surface area contributed by atoms with Crippen LogP contribution >= 0.6 is 0 Å². The average Bonchev–Trinajstić information content (AvgIpc) is 1.86. The quantitative estimate of drug-likeness (QED) is 0.528. The van der Waals surface area contributed by atoms with Gasteiger partial charge >= 0.3 is 48.7 Å². The minimum absolute atomic E-state index is 1.20. The summed E-state index contributed by atoms with van der Waals surface area (Å²) in [6.45, 7) is 0. The van der Waals surface area contributed by atoms with Crippen LogP contribution in [0.15, 0.2) is 12.5 Å². The van der Waals surface area contributed by atoms with Crippen LogP contribution in [0.1, 0.15) is 0 Å². The zero-order chi connectivity index (χ0) is 4.41. The monoisotopic (exact) mass is 187 g/mol. The van der Waals surface area contributed by atoms with Gasteiger partial charge in [0, 0.05) is 0 Å². The number of imidazole rings is 1. The molecule has 0 unspecified atom stereocenters. The van der Waals surface area contributed by atoms with Crippen molar-refractivity contribution in [1.82, 2.24) is 9.97 Å². The number of nitrogens with one attached hydrogen (secondary N) is 1. The number of hydrogen-bond donors (Lipinski definition) is 1. The summed E-state index contributed by atoms with van der Waals surface area (Å²) in [5.41, 5.74) is 0. The molecule has 6 heavy (non-hydrogen) atoms. The average molecular weight is 186 g/mol. The molecule has 0 saturated heterocycles. The summed E-state index contributed by atoms with van der Waals surface area (Å²) in [7, 11) is 0.